The Morgan fingerprint density at radius 2 is 2.07 bits per heavy atom. The molecule has 3 aliphatic heterocycles. The SMILES string of the molecule is CC1CCCN(Cc2ccc3c(c2)COC3=C2C(=O)Nc3ccccc32)C1. The second-order valence-corrected chi connectivity index (χ2v) is 7.97. The molecule has 0 radical (unpaired) electrons. The Bertz CT molecular complexity index is 947. The van der Waals surface area contributed by atoms with Crippen LogP contribution in [0, 0.1) is 5.92 Å². The number of hydrogen-bond acceptors (Lipinski definition) is 3. The van der Waals surface area contributed by atoms with Crippen LogP contribution in [0.1, 0.15) is 42.0 Å². The molecule has 5 rings (SSSR count). The van der Waals surface area contributed by atoms with Crippen LogP contribution in [0.2, 0.25) is 0 Å². The first-order valence-electron chi connectivity index (χ1n) is 9.81. The van der Waals surface area contributed by atoms with Gasteiger partial charge in [0.05, 0.1) is 5.57 Å². The van der Waals surface area contributed by atoms with Crippen molar-refractivity contribution in [3.05, 3.63) is 64.7 Å². The highest BCUT2D eigenvalue weighted by Crippen LogP contribution is 2.41. The molecule has 1 saturated heterocycles. The van der Waals surface area contributed by atoms with Crippen molar-refractivity contribution in [2.24, 2.45) is 5.92 Å². The first-order chi connectivity index (χ1) is 13.2. The number of hydrogen-bond donors (Lipinski definition) is 1. The molecule has 0 aromatic heterocycles. The van der Waals surface area contributed by atoms with E-state index >= 15 is 0 Å². The third kappa shape index (κ3) is 2.94. The molecule has 1 unspecified atom stereocenters. The van der Waals surface area contributed by atoms with Crippen LogP contribution in [0.25, 0.3) is 11.3 Å². The van der Waals surface area contributed by atoms with Gasteiger partial charge in [-0.1, -0.05) is 43.3 Å². The van der Waals surface area contributed by atoms with Crippen LogP contribution in [0.4, 0.5) is 5.69 Å². The van der Waals surface area contributed by atoms with Crippen molar-refractivity contribution in [3.63, 3.8) is 0 Å². The number of amides is 1. The second kappa shape index (κ2) is 6.54. The number of nitrogens with one attached hydrogen (secondary N) is 1. The topological polar surface area (TPSA) is 41.6 Å². The largest absolute Gasteiger partial charge is 0.487 e. The number of fused-ring (bicyclic) bond motifs is 2. The maximum absolute atomic E-state index is 12.5. The monoisotopic (exact) mass is 360 g/mol. The molecule has 1 fully saturated rings. The van der Waals surface area contributed by atoms with Crippen LogP contribution in [0.3, 0.4) is 0 Å². The molecule has 0 aliphatic carbocycles. The fourth-order valence-electron chi connectivity index (χ4n) is 4.55. The predicted molar refractivity (Wildman–Crippen MR) is 107 cm³/mol. The lowest BCUT2D eigenvalue weighted by atomic mass is 9.97. The van der Waals surface area contributed by atoms with Crippen LogP contribution in [0.5, 0.6) is 0 Å². The molecule has 1 N–H and O–H groups in total. The number of carbonyl (C=O) groups excluding carboxylic acids is 1. The highest BCUT2D eigenvalue weighted by molar-refractivity contribution is 6.36. The van der Waals surface area contributed by atoms with Crippen molar-refractivity contribution in [2.45, 2.75) is 32.9 Å². The maximum atomic E-state index is 12.5. The summed E-state index contributed by atoms with van der Waals surface area (Å²) >= 11 is 0. The summed E-state index contributed by atoms with van der Waals surface area (Å²) in [7, 11) is 0. The van der Waals surface area contributed by atoms with Crippen molar-refractivity contribution in [1.82, 2.24) is 4.90 Å². The summed E-state index contributed by atoms with van der Waals surface area (Å²) in [6.45, 7) is 6.23. The van der Waals surface area contributed by atoms with Crippen molar-refractivity contribution in [2.75, 3.05) is 18.4 Å². The predicted octanol–water partition coefficient (Wildman–Crippen LogP) is 4.27. The molecule has 2 aromatic rings. The van der Waals surface area contributed by atoms with Crippen LogP contribution < -0.4 is 5.32 Å². The van der Waals surface area contributed by atoms with Gasteiger partial charge < -0.3 is 10.1 Å². The molecular weight excluding hydrogens is 336 g/mol. The van der Waals surface area contributed by atoms with E-state index in [1.807, 2.05) is 24.3 Å². The van der Waals surface area contributed by atoms with Crippen molar-refractivity contribution < 1.29 is 9.53 Å². The first kappa shape index (κ1) is 16.6. The molecule has 3 heterocycles. The molecule has 0 spiro atoms. The van der Waals surface area contributed by atoms with Gasteiger partial charge in [-0.2, -0.15) is 0 Å². The summed E-state index contributed by atoms with van der Waals surface area (Å²) < 4.78 is 6.00. The summed E-state index contributed by atoms with van der Waals surface area (Å²) in [4.78, 5) is 15.1. The zero-order valence-electron chi connectivity index (χ0n) is 15.6. The van der Waals surface area contributed by atoms with Gasteiger partial charge in [0.2, 0.25) is 0 Å². The van der Waals surface area contributed by atoms with Crippen LogP contribution in [-0.4, -0.2) is 23.9 Å². The minimum atomic E-state index is -0.0783. The maximum Gasteiger partial charge on any atom is 0.260 e. The zero-order valence-corrected chi connectivity index (χ0v) is 15.6. The summed E-state index contributed by atoms with van der Waals surface area (Å²) in [5.74, 6) is 1.42. The Kier molecular flexibility index (Phi) is 4.01. The summed E-state index contributed by atoms with van der Waals surface area (Å²) in [6.07, 6.45) is 2.63. The quantitative estimate of drug-likeness (QED) is 0.813. The van der Waals surface area contributed by atoms with Gasteiger partial charge in [-0.15, -0.1) is 0 Å². The number of piperidine rings is 1. The van der Waals surface area contributed by atoms with E-state index in [0.29, 0.717) is 17.9 Å². The van der Waals surface area contributed by atoms with Crippen molar-refractivity contribution >= 4 is 22.9 Å². The fraction of sp³-hybridized carbons (Fsp3) is 0.348. The van der Waals surface area contributed by atoms with Crippen LogP contribution >= 0.6 is 0 Å². The van der Waals surface area contributed by atoms with E-state index in [-0.39, 0.29) is 5.91 Å². The molecule has 1 atom stereocenters. The van der Waals surface area contributed by atoms with Crippen LogP contribution in [0.15, 0.2) is 42.5 Å². The van der Waals surface area contributed by atoms with Crippen LogP contribution in [-0.2, 0) is 22.7 Å². The van der Waals surface area contributed by atoms with E-state index in [1.165, 1.54) is 37.1 Å². The zero-order chi connectivity index (χ0) is 18.4. The second-order valence-electron chi connectivity index (χ2n) is 7.97. The van der Waals surface area contributed by atoms with E-state index in [9.17, 15) is 4.79 Å². The Morgan fingerprint density at radius 1 is 1.19 bits per heavy atom. The number of rotatable bonds is 2. The number of likely N-dealkylation sites (tertiary alicyclic amines) is 1. The third-order valence-electron chi connectivity index (χ3n) is 5.83. The highest BCUT2D eigenvalue weighted by Gasteiger charge is 2.32. The van der Waals surface area contributed by atoms with E-state index in [4.69, 9.17) is 4.74 Å². The van der Waals surface area contributed by atoms with E-state index in [0.717, 1.165) is 29.3 Å². The smallest absolute Gasteiger partial charge is 0.260 e. The number of carbonyl (C=O) groups is 1. The molecule has 1 amide bonds. The van der Waals surface area contributed by atoms with E-state index in [2.05, 4.69) is 35.3 Å². The van der Waals surface area contributed by atoms with Crippen molar-refractivity contribution in [3.8, 4) is 0 Å². The number of ether oxygens (including phenoxy) is 1. The van der Waals surface area contributed by atoms with E-state index in [1.54, 1.807) is 0 Å². The number of anilines is 1. The standard InChI is InChI=1S/C23H24N2O2/c1-15-5-4-10-25(12-15)13-16-8-9-18-17(11-16)14-27-22(18)21-19-6-2-3-7-20(19)24-23(21)26/h2-3,6-9,11,15H,4-5,10,12-14H2,1H3,(H,24,26). The summed E-state index contributed by atoms with van der Waals surface area (Å²) in [5.41, 5.74) is 6.00. The molecule has 0 bridgehead atoms. The molecule has 3 aliphatic rings. The lowest BCUT2D eigenvalue weighted by molar-refractivity contribution is -0.110. The number of nitrogens with zero attached hydrogens (tertiary/aromatic N) is 1. The van der Waals surface area contributed by atoms with Gasteiger partial charge in [0.25, 0.3) is 5.91 Å². The van der Waals surface area contributed by atoms with Gasteiger partial charge in [0, 0.05) is 35.5 Å². The average molecular weight is 360 g/mol. The number of benzene rings is 2. The van der Waals surface area contributed by atoms with Gasteiger partial charge in [0.1, 0.15) is 12.4 Å². The third-order valence-corrected chi connectivity index (χ3v) is 5.83. The number of para-hydroxylation sites is 1. The Balaban J connectivity index is 1.46. The normalized spacial score (nSPS) is 24.3. The van der Waals surface area contributed by atoms with Gasteiger partial charge in [-0.05, 0) is 36.9 Å². The first-order valence-corrected chi connectivity index (χ1v) is 9.81. The molecule has 0 saturated carbocycles. The molecule has 27 heavy (non-hydrogen) atoms. The lowest BCUT2D eigenvalue weighted by Gasteiger charge is -2.30. The minimum absolute atomic E-state index is 0.0783. The molecule has 2 aromatic carbocycles. The molecular formula is C23H24N2O2. The Hall–Kier alpha value is -2.59. The van der Waals surface area contributed by atoms with Crippen molar-refractivity contribution in [1.29, 1.82) is 0 Å². The molecule has 138 valence electrons. The molecule has 4 heteroatoms. The lowest BCUT2D eigenvalue weighted by Crippen LogP contribution is -2.33. The van der Waals surface area contributed by atoms with Gasteiger partial charge in [0.15, 0.2) is 0 Å². The van der Waals surface area contributed by atoms with Gasteiger partial charge in [-0.3, -0.25) is 9.69 Å². The molecule has 4 nitrogen and oxygen atoms in total. The summed E-state index contributed by atoms with van der Waals surface area (Å²) in [6, 6.07) is 14.4. The fourth-order valence-corrected chi connectivity index (χ4v) is 4.55. The van der Waals surface area contributed by atoms with E-state index < -0.39 is 0 Å². The Morgan fingerprint density at radius 3 is 2.96 bits per heavy atom. The summed E-state index contributed by atoms with van der Waals surface area (Å²) in [5, 5.41) is 2.94. The van der Waals surface area contributed by atoms with Gasteiger partial charge >= 0.3 is 0 Å². The Labute approximate surface area is 159 Å². The highest BCUT2D eigenvalue weighted by atomic mass is 16.5. The minimum Gasteiger partial charge on any atom is -0.487 e. The van der Waals surface area contributed by atoms with Gasteiger partial charge in [-0.25, -0.2) is 0 Å². The average Bonchev–Trinajstić information content (AvgIpc) is 3.21.